The summed E-state index contributed by atoms with van der Waals surface area (Å²) in [5, 5.41) is 6.33. The van der Waals surface area contributed by atoms with Gasteiger partial charge in [0, 0.05) is 35.4 Å². The van der Waals surface area contributed by atoms with E-state index in [9.17, 15) is 4.79 Å². The number of anilines is 2. The standard InChI is InChI=1S/C18H16N6O/c1-12-11-15(25)24-16(13-7-9-19-10-8-13)22-17(23-18(24)20-12)21-14-5-3-2-4-6-14/h2-11,16H,1H3,(H2,20,21,22,23)/t16-/m0/s1. The largest absolute Gasteiger partial charge is 0.326 e. The van der Waals surface area contributed by atoms with Crippen LogP contribution in [0.1, 0.15) is 17.4 Å². The topological polar surface area (TPSA) is 84.2 Å². The van der Waals surface area contributed by atoms with E-state index in [0.717, 1.165) is 11.3 Å². The minimum atomic E-state index is -0.508. The first-order valence-corrected chi connectivity index (χ1v) is 7.88. The number of benzene rings is 1. The summed E-state index contributed by atoms with van der Waals surface area (Å²) >= 11 is 0. The molecule has 0 bridgehead atoms. The van der Waals surface area contributed by atoms with Gasteiger partial charge in [-0.1, -0.05) is 18.2 Å². The first kappa shape index (κ1) is 15.1. The molecule has 0 unspecified atom stereocenters. The van der Waals surface area contributed by atoms with Crippen LogP contribution >= 0.6 is 0 Å². The Morgan fingerprint density at radius 3 is 2.64 bits per heavy atom. The van der Waals surface area contributed by atoms with Gasteiger partial charge >= 0.3 is 0 Å². The predicted octanol–water partition coefficient (Wildman–Crippen LogP) is 2.39. The Morgan fingerprint density at radius 1 is 1.12 bits per heavy atom. The normalized spacial score (nSPS) is 15.7. The van der Waals surface area contributed by atoms with Crippen molar-refractivity contribution in [3.05, 3.63) is 82.5 Å². The summed E-state index contributed by atoms with van der Waals surface area (Å²) in [6.07, 6.45) is 2.86. The molecule has 0 saturated heterocycles. The van der Waals surface area contributed by atoms with Crippen molar-refractivity contribution in [2.75, 3.05) is 10.6 Å². The quantitative estimate of drug-likeness (QED) is 0.753. The van der Waals surface area contributed by atoms with Crippen molar-refractivity contribution in [1.29, 1.82) is 0 Å². The highest BCUT2D eigenvalue weighted by Gasteiger charge is 2.24. The fourth-order valence-corrected chi connectivity index (χ4v) is 2.73. The van der Waals surface area contributed by atoms with Crippen LogP contribution in [0.25, 0.3) is 0 Å². The molecule has 0 aliphatic carbocycles. The molecule has 0 fully saturated rings. The van der Waals surface area contributed by atoms with Gasteiger partial charge in [-0.25, -0.2) is 9.98 Å². The van der Waals surface area contributed by atoms with Crippen molar-refractivity contribution < 1.29 is 0 Å². The van der Waals surface area contributed by atoms with Crippen LogP contribution in [0.5, 0.6) is 0 Å². The molecule has 2 N–H and O–H groups in total. The van der Waals surface area contributed by atoms with Gasteiger partial charge in [0.15, 0.2) is 6.17 Å². The van der Waals surface area contributed by atoms with Crippen molar-refractivity contribution >= 4 is 17.6 Å². The first-order chi connectivity index (χ1) is 12.2. The van der Waals surface area contributed by atoms with E-state index in [4.69, 9.17) is 0 Å². The molecule has 0 spiro atoms. The van der Waals surface area contributed by atoms with Gasteiger partial charge in [-0.3, -0.25) is 19.7 Å². The van der Waals surface area contributed by atoms with Gasteiger partial charge in [0.05, 0.1) is 0 Å². The number of para-hydroxylation sites is 1. The molecular weight excluding hydrogens is 316 g/mol. The number of fused-ring (bicyclic) bond motifs is 1. The van der Waals surface area contributed by atoms with E-state index in [2.05, 4.69) is 25.6 Å². The van der Waals surface area contributed by atoms with E-state index in [1.54, 1.807) is 23.9 Å². The van der Waals surface area contributed by atoms with E-state index in [-0.39, 0.29) is 5.56 Å². The van der Waals surface area contributed by atoms with E-state index < -0.39 is 6.17 Å². The molecule has 3 aromatic rings. The highest BCUT2D eigenvalue weighted by Crippen LogP contribution is 2.25. The third-order valence-electron chi connectivity index (χ3n) is 3.85. The Hall–Kier alpha value is -3.48. The molecule has 3 heterocycles. The summed E-state index contributed by atoms with van der Waals surface area (Å²) in [5.41, 5.74) is 2.25. The van der Waals surface area contributed by atoms with Crippen LogP contribution in [-0.2, 0) is 0 Å². The fraction of sp³-hybridized carbons (Fsp3) is 0.111. The number of nitrogens with zero attached hydrogens (tertiary/aromatic N) is 4. The summed E-state index contributed by atoms with van der Waals surface area (Å²) in [5.74, 6) is 0.991. The van der Waals surface area contributed by atoms with Gasteiger partial charge in [0.1, 0.15) is 0 Å². The van der Waals surface area contributed by atoms with Gasteiger partial charge in [-0.05, 0) is 31.2 Å². The second kappa shape index (κ2) is 6.20. The Bertz CT molecular complexity index is 981. The molecular formula is C18H16N6O. The molecule has 7 heteroatoms. The van der Waals surface area contributed by atoms with Crippen LogP contribution < -0.4 is 16.2 Å². The summed E-state index contributed by atoms with van der Waals surface area (Å²) in [6.45, 7) is 1.79. The number of guanidine groups is 1. The monoisotopic (exact) mass is 332 g/mol. The zero-order valence-corrected chi connectivity index (χ0v) is 13.5. The van der Waals surface area contributed by atoms with Crippen molar-refractivity contribution in [2.45, 2.75) is 13.1 Å². The van der Waals surface area contributed by atoms with Gasteiger partial charge in [-0.15, -0.1) is 0 Å². The molecule has 1 aliphatic heterocycles. The maximum absolute atomic E-state index is 12.5. The SMILES string of the molecule is Cc1cc(=O)n2c(n1)NC(Nc1ccccc1)=N[C@@H]2c1ccncc1. The van der Waals surface area contributed by atoms with Crippen LogP contribution in [0.15, 0.2) is 70.7 Å². The summed E-state index contributed by atoms with van der Waals surface area (Å²) in [4.78, 5) is 25.7. The Kier molecular flexibility index (Phi) is 3.74. The predicted molar refractivity (Wildman–Crippen MR) is 96.7 cm³/mol. The zero-order valence-electron chi connectivity index (χ0n) is 13.5. The van der Waals surface area contributed by atoms with Crippen molar-refractivity contribution in [1.82, 2.24) is 14.5 Å². The zero-order chi connectivity index (χ0) is 17.2. The van der Waals surface area contributed by atoms with Crippen LogP contribution in [0, 0.1) is 6.92 Å². The highest BCUT2D eigenvalue weighted by atomic mass is 16.1. The fourth-order valence-electron chi connectivity index (χ4n) is 2.73. The molecule has 124 valence electrons. The molecule has 1 aliphatic rings. The third kappa shape index (κ3) is 2.99. The third-order valence-corrected chi connectivity index (χ3v) is 3.85. The Morgan fingerprint density at radius 2 is 1.88 bits per heavy atom. The average Bonchev–Trinajstić information content (AvgIpc) is 2.62. The number of aryl methyl sites for hydroxylation is 1. The summed E-state index contributed by atoms with van der Waals surface area (Å²) < 4.78 is 1.54. The minimum Gasteiger partial charge on any atom is -0.326 e. The molecule has 7 nitrogen and oxygen atoms in total. The lowest BCUT2D eigenvalue weighted by Crippen LogP contribution is -2.37. The molecule has 1 aromatic carbocycles. The van der Waals surface area contributed by atoms with E-state index in [1.165, 1.54) is 6.07 Å². The lowest BCUT2D eigenvalue weighted by atomic mass is 10.2. The average molecular weight is 332 g/mol. The Balaban J connectivity index is 1.81. The number of rotatable bonds is 2. The molecule has 0 amide bonds. The smallest absolute Gasteiger partial charge is 0.257 e. The lowest BCUT2D eigenvalue weighted by molar-refractivity contribution is 0.576. The van der Waals surface area contributed by atoms with Crippen LogP contribution in [-0.4, -0.2) is 20.5 Å². The summed E-state index contributed by atoms with van der Waals surface area (Å²) in [6, 6.07) is 14.9. The first-order valence-electron chi connectivity index (χ1n) is 7.88. The number of hydrogen-bond donors (Lipinski definition) is 2. The number of pyridine rings is 1. The molecule has 0 saturated carbocycles. The van der Waals surface area contributed by atoms with Crippen LogP contribution in [0.3, 0.4) is 0 Å². The van der Waals surface area contributed by atoms with Gasteiger partial charge in [-0.2, -0.15) is 0 Å². The lowest BCUT2D eigenvalue weighted by Gasteiger charge is -2.26. The number of hydrogen-bond acceptors (Lipinski definition) is 6. The van der Waals surface area contributed by atoms with Crippen molar-refractivity contribution in [3.8, 4) is 0 Å². The number of aliphatic imine (C=N–C) groups is 1. The molecule has 0 radical (unpaired) electrons. The maximum atomic E-state index is 12.5. The molecule has 1 atom stereocenters. The second-order valence-corrected chi connectivity index (χ2v) is 5.68. The van der Waals surface area contributed by atoms with Crippen molar-refractivity contribution in [2.24, 2.45) is 4.99 Å². The van der Waals surface area contributed by atoms with Crippen molar-refractivity contribution in [3.63, 3.8) is 0 Å². The van der Waals surface area contributed by atoms with E-state index in [1.807, 2.05) is 42.5 Å². The molecule has 4 rings (SSSR count). The van der Waals surface area contributed by atoms with Crippen LogP contribution in [0.4, 0.5) is 11.6 Å². The molecule has 25 heavy (non-hydrogen) atoms. The van der Waals surface area contributed by atoms with Gasteiger partial charge in [0.25, 0.3) is 5.56 Å². The van der Waals surface area contributed by atoms with Crippen LogP contribution in [0.2, 0.25) is 0 Å². The van der Waals surface area contributed by atoms with E-state index in [0.29, 0.717) is 17.6 Å². The highest BCUT2D eigenvalue weighted by molar-refractivity contribution is 6.03. The summed E-state index contributed by atoms with van der Waals surface area (Å²) in [7, 11) is 0. The van der Waals surface area contributed by atoms with Gasteiger partial charge < -0.3 is 5.32 Å². The number of nitrogens with one attached hydrogen (secondary N) is 2. The Labute approximate surface area is 144 Å². The minimum absolute atomic E-state index is 0.153. The van der Waals surface area contributed by atoms with E-state index >= 15 is 0 Å². The maximum Gasteiger partial charge on any atom is 0.257 e. The van der Waals surface area contributed by atoms with Gasteiger partial charge in [0.2, 0.25) is 11.9 Å². The second-order valence-electron chi connectivity index (χ2n) is 5.68. The molecule has 2 aromatic heterocycles. The number of aromatic nitrogens is 3.